The van der Waals surface area contributed by atoms with E-state index in [1.54, 1.807) is 7.11 Å². The van der Waals surface area contributed by atoms with E-state index in [4.69, 9.17) is 4.84 Å². The molecule has 0 radical (unpaired) electrons. The fourth-order valence-corrected chi connectivity index (χ4v) is 2.94. The van der Waals surface area contributed by atoms with Crippen molar-refractivity contribution >= 4 is 5.91 Å². The molecule has 0 aliphatic carbocycles. The highest BCUT2D eigenvalue weighted by Crippen LogP contribution is 2.29. The van der Waals surface area contributed by atoms with Gasteiger partial charge in [-0.3, -0.25) is 4.79 Å². The Labute approximate surface area is 130 Å². The van der Waals surface area contributed by atoms with Crippen LogP contribution >= 0.6 is 0 Å². The van der Waals surface area contributed by atoms with Gasteiger partial charge in [0.15, 0.2) is 0 Å². The van der Waals surface area contributed by atoms with Gasteiger partial charge in [0, 0.05) is 18.7 Å². The highest BCUT2D eigenvalue weighted by Gasteiger charge is 2.27. The highest BCUT2D eigenvalue weighted by molar-refractivity contribution is 5.94. The molecular formula is C18H20N2O2. The zero-order chi connectivity index (χ0) is 15.4. The van der Waals surface area contributed by atoms with Crippen LogP contribution in [-0.4, -0.2) is 31.2 Å². The summed E-state index contributed by atoms with van der Waals surface area (Å²) in [6.07, 6.45) is 0.965. The molecule has 0 bridgehead atoms. The lowest BCUT2D eigenvalue weighted by Gasteiger charge is -2.35. The molecule has 1 aliphatic heterocycles. The predicted molar refractivity (Wildman–Crippen MR) is 85.4 cm³/mol. The van der Waals surface area contributed by atoms with Crippen LogP contribution in [0.1, 0.15) is 27.5 Å². The minimum Gasteiger partial charge on any atom is -0.350 e. The second kappa shape index (κ2) is 6.73. The van der Waals surface area contributed by atoms with Crippen molar-refractivity contribution in [3.8, 4) is 0 Å². The van der Waals surface area contributed by atoms with Crippen molar-refractivity contribution in [2.24, 2.45) is 0 Å². The number of fused-ring (bicyclic) bond motifs is 1. The van der Waals surface area contributed by atoms with E-state index in [2.05, 4.69) is 23.5 Å². The van der Waals surface area contributed by atoms with Gasteiger partial charge in [-0.2, -0.15) is 5.06 Å². The van der Waals surface area contributed by atoms with Crippen molar-refractivity contribution < 1.29 is 9.63 Å². The van der Waals surface area contributed by atoms with E-state index in [0.717, 1.165) is 13.0 Å². The van der Waals surface area contributed by atoms with Gasteiger partial charge in [0.05, 0.1) is 13.2 Å². The summed E-state index contributed by atoms with van der Waals surface area (Å²) in [4.78, 5) is 17.7. The summed E-state index contributed by atoms with van der Waals surface area (Å²) in [6, 6.07) is 17.7. The first-order chi connectivity index (χ1) is 10.8. The van der Waals surface area contributed by atoms with Crippen LogP contribution in [0.4, 0.5) is 0 Å². The molecule has 1 amide bonds. The van der Waals surface area contributed by atoms with Crippen LogP contribution in [-0.2, 0) is 11.3 Å². The first kappa shape index (κ1) is 14.8. The maximum Gasteiger partial charge on any atom is 0.251 e. The molecule has 1 N–H and O–H groups in total. The molecule has 1 unspecified atom stereocenters. The molecule has 1 heterocycles. The van der Waals surface area contributed by atoms with Gasteiger partial charge in [-0.05, 0) is 29.7 Å². The average Bonchev–Trinajstić information content (AvgIpc) is 2.60. The van der Waals surface area contributed by atoms with E-state index in [1.165, 1.54) is 11.1 Å². The van der Waals surface area contributed by atoms with Gasteiger partial charge in [-0.15, -0.1) is 0 Å². The predicted octanol–water partition coefficient (Wildman–Crippen LogP) is 2.58. The lowest BCUT2D eigenvalue weighted by atomic mass is 9.94. The summed E-state index contributed by atoms with van der Waals surface area (Å²) < 4.78 is 0. The van der Waals surface area contributed by atoms with Gasteiger partial charge in [0.25, 0.3) is 5.91 Å². The molecule has 2 aromatic carbocycles. The van der Waals surface area contributed by atoms with Crippen molar-refractivity contribution in [2.45, 2.75) is 12.5 Å². The molecule has 4 nitrogen and oxygen atoms in total. The molecule has 1 atom stereocenters. The number of carbonyl (C=O) groups is 1. The van der Waals surface area contributed by atoms with E-state index in [9.17, 15) is 4.79 Å². The van der Waals surface area contributed by atoms with E-state index in [0.29, 0.717) is 12.1 Å². The van der Waals surface area contributed by atoms with Gasteiger partial charge in [-0.1, -0.05) is 42.5 Å². The van der Waals surface area contributed by atoms with Crippen LogP contribution in [0.5, 0.6) is 0 Å². The third-order valence-corrected chi connectivity index (χ3v) is 4.09. The first-order valence-electron chi connectivity index (χ1n) is 7.51. The second-order valence-corrected chi connectivity index (χ2v) is 5.36. The molecule has 4 heteroatoms. The topological polar surface area (TPSA) is 41.6 Å². The standard InChI is InChI=1S/C18H20N2O2/c1-22-20-12-11-14-7-5-6-10-16(14)17(20)13-19-18(21)15-8-3-2-4-9-15/h2-10,17H,11-13H2,1H3,(H,19,21). The average molecular weight is 296 g/mol. The van der Waals surface area contributed by atoms with Crippen molar-refractivity contribution in [1.82, 2.24) is 10.4 Å². The minimum absolute atomic E-state index is 0.0441. The van der Waals surface area contributed by atoms with Crippen molar-refractivity contribution in [3.63, 3.8) is 0 Å². The summed E-state index contributed by atoms with van der Waals surface area (Å²) in [6.45, 7) is 1.36. The number of nitrogens with one attached hydrogen (secondary N) is 1. The maximum absolute atomic E-state index is 12.2. The third kappa shape index (κ3) is 3.03. The molecule has 2 aromatic rings. The van der Waals surface area contributed by atoms with Crippen LogP contribution in [0.15, 0.2) is 54.6 Å². The number of carbonyl (C=O) groups excluding carboxylic acids is 1. The molecule has 3 rings (SSSR count). The number of benzene rings is 2. The van der Waals surface area contributed by atoms with Crippen LogP contribution in [0.2, 0.25) is 0 Å². The summed E-state index contributed by atoms with van der Waals surface area (Å²) in [5, 5.41) is 4.95. The van der Waals surface area contributed by atoms with Crippen LogP contribution < -0.4 is 5.32 Å². The fraction of sp³-hybridized carbons (Fsp3) is 0.278. The summed E-state index contributed by atoms with van der Waals surface area (Å²) >= 11 is 0. The van der Waals surface area contributed by atoms with Crippen LogP contribution in [0.25, 0.3) is 0 Å². The van der Waals surface area contributed by atoms with Crippen molar-refractivity contribution in [1.29, 1.82) is 0 Å². The lowest BCUT2D eigenvalue weighted by Crippen LogP contribution is -2.41. The van der Waals surface area contributed by atoms with Crippen molar-refractivity contribution in [3.05, 3.63) is 71.3 Å². The van der Waals surface area contributed by atoms with E-state index in [-0.39, 0.29) is 11.9 Å². The molecule has 0 aromatic heterocycles. The molecular weight excluding hydrogens is 276 g/mol. The largest absolute Gasteiger partial charge is 0.350 e. The number of hydrogen-bond donors (Lipinski definition) is 1. The van der Waals surface area contributed by atoms with Crippen LogP contribution in [0.3, 0.4) is 0 Å². The Kier molecular flexibility index (Phi) is 4.51. The Morgan fingerprint density at radius 1 is 1.18 bits per heavy atom. The van der Waals surface area contributed by atoms with Crippen LogP contribution in [0, 0.1) is 0 Å². The van der Waals surface area contributed by atoms with E-state index < -0.39 is 0 Å². The van der Waals surface area contributed by atoms with Gasteiger partial charge >= 0.3 is 0 Å². The number of amides is 1. The number of nitrogens with zero attached hydrogens (tertiary/aromatic N) is 1. The fourth-order valence-electron chi connectivity index (χ4n) is 2.94. The normalized spacial score (nSPS) is 17.8. The first-order valence-corrected chi connectivity index (χ1v) is 7.51. The summed E-state index contributed by atoms with van der Waals surface area (Å²) in [7, 11) is 1.68. The Bertz CT molecular complexity index is 643. The molecule has 0 saturated heterocycles. The quantitative estimate of drug-likeness (QED) is 0.943. The zero-order valence-corrected chi connectivity index (χ0v) is 12.7. The minimum atomic E-state index is -0.0558. The smallest absolute Gasteiger partial charge is 0.251 e. The molecule has 114 valence electrons. The molecule has 22 heavy (non-hydrogen) atoms. The molecule has 0 saturated carbocycles. The highest BCUT2D eigenvalue weighted by atomic mass is 16.7. The summed E-state index contributed by atoms with van der Waals surface area (Å²) in [5.74, 6) is -0.0558. The number of hydrogen-bond acceptors (Lipinski definition) is 3. The van der Waals surface area contributed by atoms with Gasteiger partial charge in [0.2, 0.25) is 0 Å². The summed E-state index contributed by atoms with van der Waals surface area (Å²) in [5.41, 5.74) is 3.23. The Balaban J connectivity index is 1.74. The monoisotopic (exact) mass is 296 g/mol. The molecule has 0 spiro atoms. The third-order valence-electron chi connectivity index (χ3n) is 4.09. The molecule has 1 aliphatic rings. The Hall–Kier alpha value is -2.17. The van der Waals surface area contributed by atoms with Gasteiger partial charge < -0.3 is 10.2 Å². The van der Waals surface area contributed by atoms with Crippen molar-refractivity contribution in [2.75, 3.05) is 20.2 Å². The SMILES string of the molecule is CON1CCc2ccccc2C1CNC(=O)c1ccccc1. The Morgan fingerprint density at radius 3 is 2.68 bits per heavy atom. The maximum atomic E-state index is 12.2. The Morgan fingerprint density at radius 2 is 1.91 bits per heavy atom. The van der Waals surface area contributed by atoms with E-state index in [1.807, 2.05) is 41.5 Å². The van der Waals surface area contributed by atoms with Gasteiger partial charge in [0.1, 0.15) is 0 Å². The zero-order valence-electron chi connectivity index (χ0n) is 12.7. The molecule has 0 fully saturated rings. The van der Waals surface area contributed by atoms with E-state index >= 15 is 0 Å². The lowest BCUT2D eigenvalue weighted by molar-refractivity contribution is -0.166. The second-order valence-electron chi connectivity index (χ2n) is 5.36. The number of hydroxylamine groups is 2. The van der Waals surface area contributed by atoms with Gasteiger partial charge in [-0.25, -0.2) is 0 Å². The number of rotatable bonds is 4.